The van der Waals surface area contributed by atoms with E-state index in [4.69, 9.17) is 9.47 Å². The van der Waals surface area contributed by atoms with Crippen LogP contribution in [-0.2, 0) is 14.3 Å². The van der Waals surface area contributed by atoms with Crippen LogP contribution in [0.2, 0.25) is 0 Å². The summed E-state index contributed by atoms with van der Waals surface area (Å²) in [6.45, 7) is 0. The molecule has 2 aromatic carbocycles. The van der Waals surface area contributed by atoms with Gasteiger partial charge in [0.25, 0.3) is 0 Å². The maximum atomic E-state index is 11.9. The summed E-state index contributed by atoms with van der Waals surface area (Å²) in [5.74, 6) is -0.348. The third-order valence-corrected chi connectivity index (χ3v) is 3.47. The molecule has 0 spiro atoms. The second kappa shape index (κ2) is 5.15. The van der Waals surface area contributed by atoms with E-state index in [1.807, 2.05) is 54.6 Å². The van der Waals surface area contributed by atoms with Gasteiger partial charge in [0.05, 0.1) is 0 Å². The number of esters is 1. The van der Waals surface area contributed by atoms with E-state index in [-0.39, 0.29) is 5.97 Å². The van der Waals surface area contributed by atoms with E-state index in [1.165, 1.54) is 0 Å². The van der Waals surface area contributed by atoms with Gasteiger partial charge >= 0.3 is 5.97 Å². The van der Waals surface area contributed by atoms with Crippen molar-refractivity contribution in [2.24, 2.45) is 0 Å². The Kier molecular flexibility index (Phi) is 3.36. The summed E-state index contributed by atoms with van der Waals surface area (Å²) in [7, 11) is 0. The van der Waals surface area contributed by atoms with E-state index in [0.29, 0.717) is 0 Å². The van der Waals surface area contributed by atoms with Crippen LogP contribution < -0.4 is 0 Å². The Morgan fingerprint density at radius 1 is 0.895 bits per heavy atom. The van der Waals surface area contributed by atoms with Gasteiger partial charge in [0, 0.05) is 10.0 Å². The molecule has 1 heterocycles. The van der Waals surface area contributed by atoms with Crippen LogP contribution in [0.5, 0.6) is 0 Å². The molecule has 0 N–H and O–H groups in total. The molecule has 0 unspecified atom stereocenters. The molecule has 0 amide bonds. The van der Waals surface area contributed by atoms with E-state index in [0.717, 1.165) is 15.6 Å². The Balaban J connectivity index is 1.82. The molecule has 1 aliphatic heterocycles. The molecule has 1 saturated heterocycles. The van der Waals surface area contributed by atoms with Crippen molar-refractivity contribution in [2.75, 3.05) is 0 Å². The number of carbonyl (C=O) groups is 1. The summed E-state index contributed by atoms with van der Waals surface area (Å²) < 4.78 is 11.9. The smallest absolute Gasteiger partial charge is 0.342 e. The van der Waals surface area contributed by atoms with E-state index in [1.54, 1.807) is 0 Å². The number of halogens is 1. The van der Waals surface area contributed by atoms with Crippen molar-refractivity contribution in [1.29, 1.82) is 0 Å². The highest BCUT2D eigenvalue weighted by molar-refractivity contribution is 9.10. The van der Waals surface area contributed by atoms with E-state index < -0.39 is 12.4 Å². The summed E-state index contributed by atoms with van der Waals surface area (Å²) in [5, 5.41) is 0. The number of cyclic esters (lactones) is 1. The Labute approximate surface area is 119 Å². The highest BCUT2D eigenvalue weighted by Crippen LogP contribution is 2.36. The van der Waals surface area contributed by atoms with Gasteiger partial charge in [-0.25, -0.2) is 4.79 Å². The van der Waals surface area contributed by atoms with Gasteiger partial charge in [-0.05, 0) is 17.7 Å². The van der Waals surface area contributed by atoms with Crippen molar-refractivity contribution in [1.82, 2.24) is 0 Å². The molecule has 0 saturated carbocycles. The Morgan fingerprint density at radius 2 is 1.58 bits per heavy atom. The molecule has 0 aromatic heterocycles. The summed E-state index contributed by atoms with van der Waals surface area (Å²) in [5.41, 5.74) is 1.64. The predicted molar refractivity (Wildman–Crippen MR) is 73.2 cm³/mol. The van der Waals surface area contributed by atoms with Gasteiger partial charge in [0.1, 0.15) is 0 Å². The minimum absolute atomic E-state index is 0.348. The summed E-state index contributed by atoms with van der Waals surface area (Å²) >= 11 is 3.37. The fraction of sp³-hybridized carbons (Fsp3) is 0.133. The lowest BCUT2D eigenvalue weighted by atomic mass is 10.1. The molecule has 0 radical (unpaired) electrons. The number of benzene rings is 2. The van der Waals surface area contributed by atoms with Crippen molar-refractivity contribution < 1.29 is 14.3 Å². The molecule has 3 nitrogen and oxygen atoms in total. The topological polar surface area (TPSA) is 35.5 Å². The lowest BCUT2D eigenvalue weighted by Gasteiger charge is -2.09. The van der Waals surface area contributed by atoms with E-state index in [2.05, 4.69) is 15.9 Å². The van der Waals surface area contributed by atoms with E-state index in [9.17, 15) is 4.79 Å². The van der Waals surface area contributed by atoms with Gasteiger partial charge in [-0.2, -0.15) is 0 Å². The standard InChI is InChI=1S/C15H11BrO3/c16-12-8-6-11(7-9-12)15-18-13(14(17)19-15)10-4-2-1-3-5-10/h1-9,13,15H/t13-,15+/m1/s1. The number of ether oxygens (including phenoxy) is 2. The Hall–Kier alpha value is -1.65. The summed E-state index contributed by atoms with van der Waals surface area (Å²) in [6, 6.07) is 16.9. The first-order valence-corrected chi connectivity index (χ1v) is 6.70. The van der Waals surface area contributed by atoms with Gasteiger partial charge in [-0.1, -0.05) is 58.4 Å². The molecule has 1 aliphatic rings. The van der Waals surface area contributed by atoms with Crippen LogP contribution in [0, 0.1) is 0 Å². The zero-order chi connectivity index (χ0) is 13.2. The molecule has 96 valence electrons. The first kappa shape index (κ1) is 12.4. The van der Waals surface area contributed by atoms with Gasteiger partial charge in [0.2, 0.25) is 6.29 Å². The van der Waals surface area contributed by atoms with Crippen molar-refractivity contribution >= 4 is 21.9 Å². The number of hydrogen-bond donors (Lipinski definition) is 0. The second-order valence-corrected chi connectivity index (χ2v) is 5.16. The highest BCUT2D eigenvalue weighted by Gasteiger charge is 2.37. The van der Waals surface area contributed by atoms with Crippen LogP contribution in [0.4, 0.5) is 0 Å². The predicted octanol–water partition coefficient (Wildman–Crippen LogP) is 3.76. The van der Waals surface area contributed by atoms with Crippen LogP contribution in [0.1, 0.15) is 23.5 Å². The maximum Gasteiger partial charge on any atom is 0.342 e. The molecule has 0 aliphatic carbocycles. The van der Waals surface area contributed by atoms with Crippen molar-refractivity contribution in [3.8, 4) is 0 Å². The average Bonchev–Trinajstić information content (AvgIpc) is 2.83. The van der Waals surface area contributed by atoms with Crippen LogP contribution in [-0.4, -0.2) is 5.97 Å². The summed E-state index contributed by atoms with van der Waals surface area (Å²) in [6.07, 6.45) is -1.28. The zero-order valence-corrected chi connectivity index (χ0v) is 11.5. The Morgan fingerprint density at radius 3 is 2.26 bits per heavy atom. The molecule has 19 heavy (non-hydrogen) atoms. The average molecular weight is 319 g/mol. The molecule has 1 fully saturated rings. The largest absolute Gasteiger partial charge is 0.429 e. The molecule has 2 atom stereocenters. The van der Waals surface area contributed by atoms with Crippen molar-refractivity contribution in [2.45, 2.75) is 12.4 Å². The van der Waals surface area contributed by atoms with Crippen LogP contribution in [0.15, 0.2) is 59.1 Å². The van der Waals surface area contributed by atoms with Gasteiger partial charge in [-0.3, -0.25) is 0 Å². The molecule has 0 bridgehead atoms. The lowest BCUT2D eigenvalue weighted by molar-refractivity contribution is -0.144. The SMILES string of the molecule is O=C1O[C@@H](c2ccc(Br)cc2)O[C@@H]1c1ccccc1. The Bertz CT molecular complexity index is 580. The number of hydrogen-bond acceptors (Lipinski definition) is 3. The van der Waals surface area contributed by atoms with Crippen LogP contribution in [0.25, 0.3) is 0 Å². The number of carbonyl (C=O) groups excluding carboxylic acids is 1. The van der Waals surface area contributed by atoms with E-state index >= 15 is 0 Å². The third-order valence-electron chi connectivity index (χ3n) is 2.94. The first-order valence-electron chi connectivity index (χ1n) is 5.90. The third kappa shape index (κ3) is 2.55. The first-order chi connectivity index (χ1) is 9.24. The number of rotatable bonds is 2. The normalized spacial score (nSPS) is 22.3. The maximum absolute atomic E-state index is 11.9. The van der Waals surface area contributed by atoms with Gasteiger partial charge in [0.15, 0.2) is 6.10 Å². The fourth-order valence-corrected chi connectivity index (χ4v) is 2.25. The minimum atomic E-state index is -0.644. The minimum Gasteiger partial charge on any atom is -0.429 e. The molecular formula is C15H11BrO3. The van der Waals surface area contributed by atoms with Crippen LogP contribution in [0.3, 0.4) is 0 Å². The molecule has 3 rings (SSSR count). The highest BCUT2D eigenvalue weighted by atomic mass is 79.9. The second-order valence-electron chi connectivity index (χ2n) is 4.25. The van der Waals surface area contributed by atoms with Gasteiger partial charge < -0.3 is 9.47 Å². The van der Waals surface area contributed by atoms with Crippen LogP contribution >= 0.6 is 15.9 Å². The zero-order valence-electron chi connectivity index (χ0n) is 9.95. The molecule has 4 heteroatoms. The van der Waals surface area contributed by atoms with Crippen molar-refractivity contribution in [3.63, 3.8) is 0 Å². The molecule has 2 aromatic rings. The van der Waals surface area contributed by atoms with Crippen molar-refractivity contribution in [3.05, 3.63) is 70.2 Å². The molecular weight excluding hydrogens is 308 g/mol. The summed E-state index contributed by atoms with van der Waals surface area (Å²) in [4.78, 5) is 11.9. The fourth-order valence-electron chi connectivity index (χ4n) is 1.98. The lowest BCUT2D eigenvalue weighted by Crippen LogP contribution is -2.06. The van der Waals surface area contributed by atoms with Gasteiger partial charge in [-0.15, -0.1) is 0 Å². The monoisotopic (exact) mass is 318 g/mol. The quantitative estimate of drug-likeness (QED) is 0.791.